The molecule has 0 atom stereocenters. The van der Waals surface area contributed by atoms with Gasteiger partial charge in [0.25, 0.3) is 0 Å². The van der Waals surface area contributed by atoms with Gasteiger partial charge in [-0.3, -0.25) is 0 Å². The lowest BCUT2D eigenvalue weighted by Gasteiger charge is -2.35. The van der Waals surface area contributed by atoms with Gasteiger partial charge in [0.2, 0.25) is 0 Å². The minimum Gasteiger partial charge on any atom is -0.314 e. The Balaban J connectivity index is 1.82. The van der Waals surface area contributed by atoms with E-state index in [4.69, 9.17) is 0 Å². The van der Waals surface area contributed by atoms with E-state index in [9.17, 15) is 0 Å². The predicted octanol–water partition coefficient (Wildman–Crippen LogP) is 2.60. The van der Waals surface area contributed by atoms with Gasteiger partial charge in [0.15, 0.2) is 0 Å². The van der Waals surface area contributed by atoms with E-state index in [1.54, 1.807) is 5.56 Å². The zero-order valence-electron chi connectivity index (χ0n) is 7.42. The van der Waals surface area contributed by atoms with Crippen LogP contribution in [0.15, 0.2) is 16.8 Å². The van der Waals surface area contributed by atoms with Crippen molar-refractivity contribution in [2.45, 2.75) is 31.7 Å². The molecule has 0 unspecified atom stereocenters. The second-order valence-corrected chi connectivity index (χ2v) is 4.26. The average Bonchev–Trinajstić information content (AvgIpc) is 2.47. The highest BCUT2D eigenvalue weighted by Gasteiger charge is 2.29. The third-order valence-electron chi connectivity index (χ3n) is 2.65. The smallest absolute Gasteiger partial charge is 0.00786 e. The number of rotatable bonds is 3. The first-order valence-electron chi connectivity index (χ1n) is 4.65. The molecule has 0 radical (unpaired) electrons. The van der Waals surface area contributed by atoms with Crippen LogP contribution in [0.4, 0.5) is 0 Å². The normalized spacial score (nSPS) is 28.4. The van der Waals surface area contributed by atoms with Crippen LogP contribution < -0.4 is 5.32 Å². The van der Waals surface area contributed by atoms with E-state index >= 15 is 0 Å². The van der Waals surface area contributed by atoms with Crippen LogP contribution in [0, 0.1) is 0 Å². The molecule has 2 heteroatoms. The molecule has 0 spiro atoms. The summed E-state index contributed by atoms with van der Waals surface area (Å²) >= 11 is 1.81. The molecule has 1 aromatic heterocycles. The van der Waals surface area contributed by atoms with Gasteiger partial charge in [-0.25, -0.2) is 0 Å². The Hall–Kier alpha value is -0.340. The maximum absolute atomic E-state index is 3.48. The van der Waals surface area contributed by atoms with Gasteiger partial charge in [-0.05, 0) is 47.7 Å². The Labute approximate surface area is 77.8 Å². The molecule has 1 heterocycles. The molecular weight excluding hydrogens is 166 g/mol. The van der Waals surface area contributed by atoms with Crippen molar-refractivity contribution in [3.8, 4) is 0 Å². The number of hydrogen-bond acceptors (Lipinski definition) is 2. The van der Waals surface area contributed by atoms with E-state index in [0.717, 1.165) is 18.5 Å². The van der Waals surface area contributed by atoms with Crippen molar-refractivity contribution < 1.29 is 0 Å². The Morgan fingerprint density at radius 3 is 3.00 bits per heavy atom. The van der Waals surface area contributed by atoms with Gasteiger partial charge in [0, 0.05) is 6.04 Å². The highest BCUT2D eigenvalue weighted by Crippen LogP contribution is 2.37. The lowest BCUT2D eigenvalue weighted by Crippen LogP contribution is -2.39. The fourth-order valence-corrected chi connectivity index (χ4v) is 2.60. The van der Waals surface area contributed by atoms with Crippen LogP contribution in [0.25, 0.3) is 0 Å². The fourth-order valence-electron chi connectivity index (χ4n) is 1.85. The van der Waals surface area contributed by atoms with Crippen LogP contribution in [0.3, 0.4) is 0 Å². The lowest BCUT2D eigenvalue weighted by molar-refractivity contribution is 0.296. The van der Waals surface area contributed by atoms with Crippen molar-refractivity contribution >= 4 is 11.3 Å². The zero-order chi connectivity index (χ0) is 8.39. The van der Waals surface area contributed by atoms with E-state index in [0.29, 0.717) is 0 Å². The molecule has 1 aliphatic carbocycles. The molecule has 1 saturated carbocycles. The summed E-state index contributed by atoms with van der Waals surface area (Å²) in [6.07, 6.45) is 2.68. The van der Waals surface area contributed by atoms with Crippen LogP contribution in [-0.2, 0) is 0 Å². The van der Waals surface area contributed by atoms with Gasteiger partial charge in [-0.1, -0.05) is 6.92 Å². The van der Waals surface area contributed by atoms with Crippen LogP contribution in [0.5, 0.6) is 0 Å². The molecule has 1 aromatic rings. The van der Waals surface area contributed by atoms with Crippen molar-refractivity contribution in [1.82, 2.24) is 5.32 Å². The quantitative estimate of drug-likeness (QED) is 0.756. The van der Waals surface area contributed by atoms with Crippen molar-refractivity contribution in [2.75, 3.05) is 6.54 Å². The van der Waals surface area contributed by atoms with Crippen LogP contribution in [0.2, 0.25) is 0 Å². The number of hydrogen-bond donors (Lipinski definition) is 1. The van der Waals surface area contributed by atoms with E-state index < -0.39 is 0 Å². The van der Waals surface area contributed by atoms with Crippen LogP contribution in [-0.4, -0.2) is 12.6 Å². The molecule has 0 aromatic carbocycles. The molecule has 1 fully saturated rings. The first-order valence-corrected chi connectivity index (χ1v) is 5.60. The highest BCUT2D eigenvalue weighted by molar-refractivity contribution is 7.07. The third-order valence-corrected chi connectivity index (χ3v) is 3.35. The summed E-state index contributed by atoms with van der Waals surface area (Å²) in [6.45, 7) is 3.29. The monoisotopic (exact) mass is 181 g/mol. The minimum absolute atomic E-state index is 0.792. The van der Waals surface area contributed by atoms with E-state index in [-0.39, 0.29) is 0 Å². The molecule has 1 aliphatic rings. The summed E-state index contributed by atoms with van der Waals surface area (Å²) in [5.41, 5.74) is 1.55. The first-order chi connectivity index (χ1) is 5.90. The highest BCUT2D eigenvalue weighted by atomic mass is 32.1. The van der Waals surface area contributed by atoms with Gasteiger partial charge in [-0.15, -0.1) is 0 Å². The standard InChI is InChI=1S/C10H15NS/c1-2-11-10-5-9(6-10)8-3-4-12-7-8/h3-4,7,9-11H,2,5-6H2,1H3. The number of nitrogens with one attached hydrogen (secondary N) is 1. The van der Waals surface area contributed by atoms with Crippen molar-refractivity contribution in [3.05, 3.63) is 22.4 Å². The maximum Gasteiger partial charge on any atom is 0.00786 e. The molecule has 0 amide bonds. The number of thiophene rings is 1. The molecule has 12 heavy (non-hydrogen) atoms. The van der Waals surface area contributed by atoms with Crippen LogP contribution in [0.1, 0.15) is 31.2 Å². The second kappa shape index (κ2) is 3.58. The fraction of sp³-hybridized carbons (Fsp3) is 0.600. The van der Waals surface area contributed by atoms with E-state index in [2.05, 4.69) is 29.1 Å². The Bertz CT molecular complexity index is 224. The van der Waals surface area contributed by atoms with E-state index in [1.807, 2.05) is 11.3 Å². The lowest BCUT2D eigenvalue weighted by atomic mass is 9.77. The average molecular weight is 181 g/mol. The van der Waals surface area contributed by atoms with Gasteiger partial charge in [-0.2, -0.15) is 11.3 Å². The Morgan fingerprint density at radius 2 is 2.42 bits per heavy atom. The maximum atomic E-state index is 3.48. The summed E-state index contributed by atoms with van der Waals surface area (Å²) in [4.78, 5) is 0. The van der Waals surface area contributed by atoms with Gasteiger partial charge in [0.1, 0.15) is 0 Å². The topological polar surface area (TPSA) is 12.0 Å². The minimum atomic E-state index is 0.792. The van der Waals surface area contributed by atoms with Gasteiger partial charge >= 0.3 is 0 Å². The SMILES string of the molecule is CCNC1CC(c2ccsc2)C1. The third kappa shape index (κ3) is 1.54. The van der Waals surface area contributed by atoms with Crippen molar-refractivity contribution in [3.63, 3.8) is 0 Å². The second-order valence-electron chi connectivity index (χ2n) is 3.48. The molecule has 0 saturated heterocycles. The zero-order valence-corrected chi connectivity index (χ0v) is 8.23. The first kappa shape index (κ1) is 8.27. The van der Waals surface area contributed by atoms with Crippen molar-refractivity contribution in [1.29, 1.82) is 0 Å². The van der Waals surface area contributed by atoms with E-state index in [1.165, 1.54) is 12.8 Å². The van der Waals surface area contributed by atoms with Gasteiger partial charge in [0.05, 0.1) is 0 Å². The molecule has 1 nitrogen and oxygen atoms in total. The largest absolute Gasteiger partial charge is 0.314 e. The summed E-state index contributed by atoms with van der Waals surface area (Å²) in [5.74, 6) is 0.847. The summed E-state index contributed by atoms with van der Waals surface area (Å²) in [7, 11) is 0. The van der Waals surface area contributed by atoms with Crippen molar-refractivity contribution in [2.24, 2.45) is 0 Å². The predicted molar refractivity (Wildman–Crippen MR) is 53.8 cm³/mol. The molecular formula is C10H15NS. The summed E-state index contributed by atoms with van der Waals surface area (Å²) in [5, 5.41) is 7.94. The van der Waals surface area contributed by atoms with Crippen LogP contribution >= 0.6 is 11.3 Å². The Kier molecular flexibility index (Phi) is 2.47. The Morgan fingerprint density at radius 1 is 1.58 bits per heavy atom. The summed E-state index contributed by atoms with van der Waals surface area (Å²) < 4.78 is 0. The molecule has 66 valence electrons. The molecule has 2 rings (SSSR count). The molecule has 1 N–H and O–H groups in total. The molecule has 0 bridgehead atoms. The van der Waals surface area contributed by atoms with Gasteiger partial charge < -0.3 is 5.32 Å². The molecule has 0 aliphatic heterocycles. The summed E-state index contributed by atoms with van der Waals surface area (Å²) in [6, 6.07) is 3.05.